The van der Waals surface area contributed by atoms with E-state index in [2.05, 4.69) is 38.2 Å². The van der Waals surface area contributed by atoms with Crippen molar-refractivity contribution in [2.45, 2.75) is 199 Å². The summed E-state index contributed by atoms with van der Waals surface area (Å²) in [7, 11) is -4.38. The summed E-state index contributed by atoms with van der Waals surface area (Å²) in [6.07, 6.45) is 36.6. The normalized spacial score (nSPS) is 17.5. The van der Waals surface area contributed by atoms with E-state index in [0.29, 0.717) is 18.6 Å². The van der Waals surface area contributed by atoms with Gasteiger partial charge in [0.15, 0.2) is 6.10 Å². The molecule has 0 aromatic carbocycles. The summed E-state index contributed by atoms with van der Waals surface area (Å²) < 4.78 is 38.5. The van der Waals surface area contributed by atoms with Crippen LogP contribution in [0.1, 0.15) is 181 Å². The number of unbranched alkanes of at least 4 members (excludes halogenated alkanes) is 18. The van der Waals surface area contributed by atoms with Gasteiger partial charge in [-0.2, -0.15) is 0 Å². The third-order valence-corrected chi connectivity index (χ3v) is 10.2. The summed E-state index contributed by atoms with van der Waals surface area (Å²) in [6.45, 7) is 3.66. The summed E-state index contributed by atoms with van der Waals surface area (Å²) in [6, 6.07) is 0. The Morgan fingerprint density at radius 2 is 1.19 bits per heavy atom. The van der Waals surface area contributed by atoms with E-state index in [0.717, 1.165) is 77.0 Å². The van der Waals surface area contributed by atoms with Crippen molar-refractivity contribution in [2.75, 3.05) is 26.4 Å². The number of ether oxygens (including phenoxy) is 3. The van der Waals surface area contributed by atoms with Crippen molar-refractivity contribution in [2.24, 2.45) is 5.73 Å². The molecule has 0 aromatic rings. The van der Waals surface area contributed by atoms with Gasteiger partial charge in [-0.05, 0) is 64.2 Å². The molecule has 11 heteroatoms. The lowest BCUT2D eigenvalue weighted by Crippen LogP contribution is -2.29. The summed E-state index contributed by atoms with van der Waals surface area (Å²) in [5, 5.41) is 0. The topological polar surface area (TPSA) is 147 Å². The monoisotopic (exact) mass is 758 g/mol. The zero-order valence-electron chi connectivity index (χ0n) is 33.0. The molecule has 304 valence electrons. The molecule has 1 rings (SSSR count). The molecule has 1 saturated heterocycles. The minimum Gasteiger partial charge on any atom is -0.462 e. The second kappa shape index (κ2) is 34.0. The van der Waals surface area contributed by atoms with Crippen LogP contribution in [0.3, 0.4) is 0 Å². The maximum atomic E-state index is 12.6. The van der Waals surface area contributed by atoms with Gasteiger partial charge in [-0.25, -0.2) is 4.57 Å². The number of rotatable bonds is 38. The molecule has 10 nitrogen and oxygen atoms in total. The number of hydrogen-bond donors (Lipinski definition) is 2. The second-order valence-electron chi connectivity index (χ2n) is 14.2. The van der Waals surface area contributed by atoms with Gasteiger partial charge in [-0.3, -0.25) is 18.6 Å². The van der Waals surface area contributed by atoms with Gasteiger partial charge in [0.1, 0.15) is 6.61 Å². The first-order valence-electron chi connectivity index (χ1n) is 20.9. The smallest absolute Gasteiger partial charge is 0.462 e. The molecule has 0 radical (unpaired) electrons. The van der Waals surface area contributed by atoms with E-state index < -0.39 is 32.5 Å². The summed E-state index contributed by atoms with van der Waals surface area (Å²) >= 11 is 0. The minimum atomic E-state index is -4.38. The van der Waals surface area contributed by atoms with Gasteiger partial charge in [-0.15, -0.1) is 0 Å². The Bertz CT molecular complexity index is 976. The zero-order chi connectivity index (χ0) is 38.0. The Labute approximate surface area is 317 Å². The van der Waals surface area contributed by atoms with Crippen molar-refractivity contribution in [3.63, 3.8) is 0 Å². The highest BCUT2D eigenvalue weighted by molar-refractivity contribution is 7.47. The van der Waals surface area contributed by atoms with Crippen LogP contribution >= 0.6 is 7.82 Å². The molecule has 0 bridgehead atoms. The van der Waals surface area contributed by atoms with Crippen LogP contribution in [0.15, 0.2) is 24.3 Å². The number of phosphoric ester groups is 1. The minimum absolute atomic E-state index is 0.0481. The lowest BCUT2D eigenvalue weighted by molar-refractivity contribution is -0.161. The number of esters is 2. The Kier molecular flexibility index (Phi) is 31.7. The highest BCUT2D eigenvalue weighted by Gasteiger charge is 2.36. The van der Waals surface area contributed by atoms with Crippen molar-refractivity contribution in [1.82, 2.24) is 0 Å². The SMILES string of the molecule is CCCCCCCC/C=C\CCCCCCCC(=O)OCC(COP(=O)(O)OCCN)OC(=O)CCCCCCC/C=C\CC1OC1CCCCC. The van der Waals surface area contributed by atoms with E-state index in [1.54, 1.807) is 0 Å². The fourth-order valence-corrected chi connectivity index (χ4v) is 6.75. The van der Waals surface area contributed by atoms with E-state index in [-0.39, 0.29) is 32.6 Å². The van der Waals surface area contributed by atoms with E-state index in [1.807, 2.05) is 0 Å². The Morgan fingerprint density at radius 1 is 0.673 bits per heavy atom. The van der Waals surface area contributed by atoms with Crippen LogP contribution < -0.4 is 5.73 Å². The summed E-state index contributed by atoms with van der Waals surface area (Å²) in [5.74, 6) is -0.858. The molecule has 4 unspecified atom stereocenters. The average molecular weight is 758 g/mol. The molecule has 1 aliphatic rings. The summed E-state index contributed by atoms with van der Waals surface area (Å²) in [5.41, 5.74) is 5.34. The Morgan fingerprint density at radius 3 is 1.79 bits per heavy atom. The lowest BCUT2D eigenvalue weighted by atomic mass is 10.1. The fraction of sp³-hybridized carbons (Fsp3) is 0.854. The third-order valence-electron chi connectivity index (χ3n) is 9.23. The van der Waals surface area contributed by atoms with Crippen molar-refractivity contribution in [3.8, 4) is 0 Å². The molecule has 1 fully saturated rings. The number of epoxide rings is 1. The molecule has 52 heavy (non-hydrogen) atoms. The molecule has 3 N–H and O–H groups in total. The number of carbonyl (C=O) groups excluding carboxylic acids is 2. The van der Waals surface area contributed by atoms with E-state index in [9.17, 15) is 19.0 Å². The van der Waals surface area contributed by atoms with Crippen LogP contribution in [0.4, 0.5) is 0 Å². The van der Waals surface area contributed by atoms with Crippen LogP contribution in [0.25, 0.3) is 0 Å². The number of phosphoric acid groups is 1. The Balaban J connectivity index is 2.19. The highest BCUT2D eigenvalue weighted by Crippen LogP contribution is 2.43. The van der Waals surface area contributed by atoms with Gasteiger partial charge in [0.2, 0.25) is 0 Å². The molecular formula is C41H76NO9P. The van der Waals surface area contributed by atoms with Crippen LogP contribution in [-0.2, 0) is 37.4 Å². The van der Waals surface area contributed by atoms with Gasteiger partial charge in [-0.1, -0.05) is 128 Å². The van der Waals surface area contributed by atoms with E-state index in [4.69, 9.17) is 29.0 Å². The zero-order valence-corrected chi connectivity index (χ0v) is 33.9. The highest BCUT2D eigenvalue weighted by atomic mass is 31.2. The predicted molar refractivity (Wildman–Crippen MR) is 210 cm³/mol. The molecule has 1 aliphatic heterocycles. The average Bonchev–Trinajstić information content (AvgIpc) is 3.88. The van der Waals surface area contributed by atoms with Gasteiger partial charge >= 0.3 is 19.8 Å². The third kappa shape index (κ3) is 30.9. The van der Waals surface area contributed by atoms with Crippen LogP contribution in [0.2, 0.25) is 0 Å². The molecule has 1 heterocycles. The fourth-order valence-electron chi connectivity index (χ4n) is 5.99. The molecule has 0 amide bonds. The molecule has 0 saturated carbocycles. The largest absolute Gasteiger partial charge is 0.472 e. The maximum absolute atomic E-state index is 12.6. The number of carbonyl (C=O) groups is 2. The first-order valence-corrected chi connectivity index (χ1v) is 22.4. The maximum Gasteiger partial charge on any atom is 0.472 e. The quantitative estimate of drug-likeness (QED) is 0.0205. The van der Waals surface area contributed by atoms with Gasteiger partial charge in [0.25, 0.3) is 0 Å². The molecule has 4 atom stereocenters. The first-order chi connectivity index (χ1) is 25.3. The predicted octanol–water partition coefficient (Wildman–Crippen LogP) is 10.6. The Hall–Kier alpha value is -1.55. The van der Waals surface area contributed by atoms with Crippen LogP contribution in [-0.4, -0.2) is 61.5 Å². The van der Waals surface area contributed by atoms with Crippen molar-refractivity contribution >= 4 is 19.8 Å². The standard InChI is InChI=1S/C41H76NO9P/c1-3-5-7-8-9-10-11-12-13-14-15-16-20-23-27-31-40(43)47-35-37(36-49-52(45,46)48-34-33-42)50-41(44)32-28-24-21-18-17-19-22-26-30-39-38(51-39)29-25-6-4-2/h12-13,22,26,37-39H,3-11,14-21,23-25,27-36,42H2,1-2H3,(H,45,46)/b13-12-,26-22-. The molecule has 0 aliphatic carbocycles. The first kappa shape index (κ1) is 48.5. The number of hydrogen-bond acceptors (Lipinski definition) is 9. The van der Waals surface area contributed by atoms with Crippen molar-refractivity contribution < 1.29 is 42.3 Å². The van der Waals surface area contributed by atoms with Gasteiger partial charge < -0.3 is 24.8 Å². The van der Waals surface area contributed by atoms with E-state index >= 15 is 0 Å². The molecule has 0 aromatic heterocycles. The van der Waals surface area contributed by atoms with Crippen LogP contribution in [0, 0.1) is 0 Å². The summed E-state index contributed by atoms with van der Waals surface area (Å²) in [4.78, 5) is 34.8. The van der Waals surface area contributed by atoms with Crippen molar-refractivity contribution in [3.05, 3.63) is 24.3 Å². The number of nitrogens with two attached hydrogens (primary N) is 1. The molecule has 0 spiro atoms. The second-order valence-corrected chi connectivity index (χ2v) is 15.7. The lowest BCUT2D eigenvalue weighted by Gasteiger charge is -2.19. The van der Waals surface area contributed by atoms with Crippen LogP contribution in [0.5, 0.6) is 0 Å². The van der Waals surface area contributed by atoms with Gasteiger partial charge in [0.05, 0.1) is 25.4 Å². The van der Waals surface area contributed by atoms with Gasteiger partial charge in [0, 0.05) is 19.4 Å². The van der Waals surface area contributed by atoms with E-state index in [1.165, 1.54) is 70.6 Å². The number of allylic oxidation sites excluding steroid dienone is 3. The molecular weight excluding hydrogens is 681 g/mol. The van der Waals surface area contributed by atoms with Crippen molar-refractivity contribution in [1.29, 1.82) is 0 Å².